The Labute approximate surface area is 167 Å². The van der Waals surface area contributed by atoms with Crippen molar-refractivity contribution < 1.29 is 18.0 Å². The standard InChI is InChI=1S/C19H19N3O4S2/c1-19(2,3)22(28(25,26)17-5-4-10-27-17)15-11-16(23)21(18(15)24)14-8-6-13(12-20)7-9-14/h4-10,15H,11H2,1-3H3. The Hall–Kier alpha value is -2.54. The molecule has 9 heteroatoms. The zero-order valence-electron chi connectivity index (χ0n) is 15.6. The first-order chi connectivity index (χ1) is 13.1. The van der Waals surface area contributed by atoms with Crippen LogP contribution in [0.3, 0.4) is 0 Å². The van der Waals surface area contributed by atoms with Crippen LogP contribution in [0.2, 0.25) is 0 Å². The zero-order valence-corrected chi connectivity index (χ0v) is 17.3. The first kappa shape index (κ1) is 20.2. The third-order valence-corrected chi connectivity index (χ3v) is 7.88. The minimum absolute atomic E-state index is 0.125. The van der Waals surface area contributed by atoms with E-state index in [1.807, 2.05) is 6.07 Å². The summed E-state index contributed by atoms with van der Waals surface area (Å²) in [7, 11) is -3.96. The van der Waals surface area contributed by atoms with Gasteiger partial charge in [-0.1, -0.05) is 6.07 Å². The molecule has 0 saturated carbocycles. The van der Waals surface area contributed by atoms with E-state index in [2.05, 4.69) is 0 Å². The summed E-state index contributed by atoms with van der Waals surface area (Å²) in [6, 6.07) is 9.98. The van der Waals surface area contributed by atoms with Gasteiger partial charge in [-0.3, -0.25) is 9.59 Å². The fourth-order valence-electron chi connectivity index (χ4n) is 3.26. The summed E-state index contributed by atoms with van der Waals surface area (Å²) in [5.74, 6) is -1.07. The van der Waals surface area contributed by atoms with Crippen LogP contribution in [0.4, 0.5) is 5.69 Å². The lowest BCUT2D eigenvalue weighted by Gasteiger charge is -2.37. The molecule has 1 aromatic heterocycles. The number of benzene rings is 1. The van der Waals surface area contributed by atoms with Crippen molar-refractivity contribution in [2.45, 2.75) is 43.0 Å². The first-order valence-corrected chi connectivity index (χ1v) is 10.8. The Morgan fingerprint density at radius 1 is 1.18 bits per heavy atom. The third-order valence-electron chi connectivity index (χ3n) is 4.33. The summed E-state index contributed by atoms with van der Waals surface area (Å²) >= 11 is 1.07. The van der Waals surface area contributed by atoms with Crippen LogP contribution in [-0.4, -0.2) is 36.1 Å². The molecule has 0 aliphatic carbocycles. The van der Waals surface area contributed by atoms with Gasteiger partial charge in [-0.2, -0.15) is 9.57 Å². The second-order valence-corrected chi connectivity index (χ2v) is 10.3. The number of nitrogens with zero attached hydrogens (tertiary/aromatic N) is 3. The molecule has 0 bridgehead atoms. The lowest BCUT2D eigenvalue weighted by atomic mass is 10.1. The predicted octanol–water partition coefficient (Wildman–Crippen LogP) is 2.74. The van der Waals surface area contributed by atoms with Crippen molar-refractivity contribution in [2.75, 3.05) is 4.90 Å². The van der Waals surface area contributed by atoms with Gasteiger partial charge in [0, 0.05) is 5.54 Å². The molecule has 2 heterocycles. The van der Waals surface area contributed by atoms with E-state index in [0.29, 0.717) is 11.3 Å². The van der Waals surface area contributed by atoms with Crippen LogP contribution >= 0.6 is 11.3 Å². The van der Waals surface area contributed by atoms with Crippen molar-refractivity contribution >= 4 is 38.9 Å². The van der Waals surface area contributed by atoms with Gasteiger partial charge in [-0.05, 0) is 56.5 Å². The van der Waals surface area contributed by atoms with E-state index < -0.39 is 33.4 Å². The highest BCUT2D eigenvalue weighted by atomic mass is 32.2. The highest BCUT2D eigenvalue weighted by Crippen LogP contribution is 2.35. The van der Waals surface area contributed by atoms with Gasteiger partial charge in [0.25, 0.3) is 15.9 Å². The van der Waals surface area contributed by atoms with Crippen molar-refractivity contribution in [1.29, 1.82) is 5.26 Å². The topological polar surface area (TPSA) is 98.5 Å². The minimum atomic E-state index is -3.96. The molecule has 146 valence electrons. The molecule has 1 aliphatic heterocycles. The maximum atomic E-state index is 13.2. The molecule has 2 aromatic rings. The van der Waals surface area contributed by atoms with Crippen LogP contribution < -0.4 is 4.90 Å². The Morgan fingerprint density at radius 3 is 2.32 bits per heavy atom. The molecular weight excluding hydrogens is 398 g/mol. The summed E-state index contributed by atoms with van der Waals surface area (Å²) in [6.07, 6.45) is -0.235. The summed E-state index contributed by atoms with van der Waals surface area (Å²) in [5, 5.41) is 10.6. The van der Waals surface area contributed by atoms with Crippen molar-refractivity contribution in [1.82, 2.24) is 4.31 Å². The molecule has 2 amide bonds. The molecule has 0 N–H and O–H groups in total. The third kappa shape index (κ3) is 3.46. The Morgan fingerprint density at radius 2 is 1.82 bits per heavy atom. The lowest BCUT2D eigenvalue weighted by molar-refractivity contribution is -0.122. The molecule has 0 radical (unpaired) electrons. The maximum absolute atomic E-state index is 13.2. The molecule has 1 aromatic carbocycles. The van der Waals surface area contributed by atoms with Gasteiger partial charge in [0.05, 0.1) is 23.7 Å². The van der Waals surface area contributed by atoms with E-state index >= 15 is 0 Å². The van der Waals surface area contributed by atoms with Crippen LogP contribution in [0.25, 0.3) is 0 Å². The van der Waals surface area contributed by atoms with Gasteiger partial charge < -0.3 is 0 Å². The SMILES string of the molecule is CC(C)(C)N(C1CC(=O)N(c2ccc(C#N)cc2)C1=O)S(=O)(=O)c1cccs1. The number of thiophene rings is 1. The highest BCUT2D eigenvalue weighted by Gasteiger charge is 2.50. The Kier molecular flexibility index (Phi) is 5.14. The molecular formula is C19H19N3O4S2. The van der Waals surface area contributed by atoms with E-state index in [1.54, 1.807) is 32.2 Å². The number of carbonyl (C=O) groups is 2. The molecule has 1 aliphatic rings. The van der Waals surface area contributed by atoms with Crippen LogP contribution in [0.5, 0.6) is 0 Å². The molecule has 1 fully saturated rings. The number of carbonyl (C=O) groups excluding carboxylic acids is 2. The molecule has 7 nitrogen and oxygen atoms in total. The number of hydrogen-bond acceptors (Lipinski definition) is 6. The average molecular weight is 418 g/mol. The van der Waals surface area contributed by atoms with Gasteiger partial charge in [-0.25, -0.2) is 13.3 Å². The van der Waals surface area contributed by atoms with Crippen LogP contribution in [0.15, 0.2) is 46.0 Å². The van der Waals surface area contributed by atoms with Crippen LogP contribution in [0.1, 0.15) is 32.8 Å². The van der Waals surface area contributed by atoms with E-state index in [9.17, 15) is 18.0 Å². The lowest BCUT2D eigenvalue weighted by Crippen LogP contribution is -2.54. The number of nitriles is 1. The number of imide groups is 1. The smallest absolute Gasteiger partial charge is 0.253 e. The van der Waals surface area contributed by atoms with Gasteiger partial charge in [0.2, 0.25) is 5.91 Å². The maximum Gasteiger partial charge on any atom is 0.253 e. The molecule has 1 unspecified atom stereocenters. The normalized spacial score (nSPS) is 18.0. The number of anilines is 1. The van der Waals surface area contributed by atoms with E-state index in [1.165, 1.54) is 30.3 Å². The average Bonchev–Trinajstić information content (AvgIpc) is 3.24. The number of hydrogen-bond donors (Lipinski definition) is 0. The predicted molar refractivity (Wildman–Crippen MR) is 105 cm³/mol. The second kappa shape index (κ2) is 7.13. The zero-order chi connectivity index (χ0) is 20.7. The van der Waals surface area contributed by atoms with Crippen LogP contribution in [0, 0.1) is 11.3 Å². The quantitative estimate of drug-likeness (QED) is 0.713. The van der Waals surface area contributed by atoms with Crippen molar-refractivity contribution in [3.63, 3.8) is 0 Å². The van der Waals surface area contributed by atoms with Gasteiger partial charge >= 0.3 is 0 Å². The molecule has 1 saturated heterocycles. The second-order valence-electron chi connectivity index (χ2n) is 7.35. The summed E-state index contributed by atoms with van der Waals surface area (Å²) in [5.41, 5.74) is -0.195. The summed E-state index contributed by atoms with van der Waals surface area (Å²) in [4.78, 5) is 26.7. The van der Waals surface area contributed by atoms with Crippen LogP contribution in [-0.2, 0) is 19.6 Å². The number of sulfonamides is 1. The van der Waals surface area contributed by atoms with E-state index in [4.69, 9.17) is 5.26 Å². The fraction of sp³-hybridized carbons (Fsp3) is 0.316. The van der Waals surface area contributed by atoms with Crippen molar-refractivity contribution in [3.05, 3.63) is 47.3 Å². The van der Waals surface area contributed by atoms with Crippen molar-refractivity contribution in [3.8, 4) is 6.07 Å². The highest BCUT2D eigenvalue weighted by molar-refractivity contribution is 7.91. The molecule has 0 spiro atoms. The van der Waals surface area contributed by atoms with Gasteiger partial charge in [0.15, 0.2) is 0 Å². The number of rotatable bonds is 4. The monoisotopic (exact) mass is 417 g/mol. The van der Waals surface area contributed by atoms with Gasteiger partial charge in [-0.15, -0.1) is 11.3 Å². The summed E-state index contributed by atoms with van der Waals surface area (Å²) < 4.78 is 27.7. The largest absolute Gasteiger partial charge is 0.274 e. The fourth-order valence-corrected chi connectivity index (χ4v) is 6.27. The molecule has 1 atom stereocenters. The molecule has 3 rings (SSSR count). The van der Waals surface area contributed by atoms with Gasteiger partial charge in [0.1, 0.15) is 10.3 Å². The Bertz CT molecular complexity index is 1050. The number of amides is 2. The van der Waals surface area contributed by atoms with Crippen molar-refractivity contribution in [2.24, 2.45) is 0 Å². The van der Waals surface area contributed by atoms with E-state index in [-0.39, 0.29) is 10.6 Å². The minimum Gasteiger partial charge on any atom is -0.274 e. The van der Waals surface area contributed by atoms with E-state index in [0.717, 1.165) is 20.5 Å². The Balaban J connectivity index is 2.02. The first-order valence-electron chi connectivity index (χ1n) is 8.52. The summed E-state index contributed by atoms with van der Waals surface area (Å²) in [6.45, 7) is 5.08. The molecule has 28 heavy (non-hydrogen) atoms.